The van der Waals surface area contributed by atoms with Crippen molar-refractivity contribution in [1.82, 2.24) is 29.7 Å². The quantitative estimate of drug-likeness (QED) is 0.283. The Kier molecular flexibility index (Phi) is 6.77. The van der Waals surface area contributed by atoms with Crippen LogP contribution in [0.1, 0.15) is 49.3 Å². The van der Waals surface area contributed by atoms with Gasteiger partial charge in [0.2, 0.25) is 0 Å². The average Bonchev–Trinajstić information content (AvgIpc) is 3.66. The van der Waals surface area contributed by atoms with Gasteiger partial charge >= 0.3 is 0 Å². The van der Waals surface area contributed by atoms with Gasteiger partial charge in [-0.1, -0.05) is 50.9 Å². The predicted molar refractivity (Wildman–Crippen MR) is 157 cm³/mol. The molecule has 0 saturated carbocycles. The van der Waals surface area contributed by atoms with Crippen LogP contribution >= 0.6 is 27.5 Å². The van der Waals surface area contributed by atoms with Crippen LogP contribution in [0, 0.1) is 0 Å². The van der Waals surface area contributed by atoms with Crippen LogP contribution < -0.4 is 4.90 Å². The first-order chi connectivity index (χ1) is 19.4. The maximum atomic E-state index is 16.0. The summed E-state index contributed by atoms with van der Waals surface area (Å²) >= 11 is 9.86. The van der Waals surface area contributed by atoms with Crippen LogP contribution in [0.4, 0.5) is 10.1 Å². The van der Waals surface area contributed by atoms with Crippen LogP contribution in [0.25, 0.3) is 11.3 Å². The molecule has 9 nitrogen and oxygen atoms in total. The topological polar surface area (TPSA) is 89.2 Å². The molecule has 6 rings (SSSR count). The number of nitrogens with zero attached hydrogens (tertiary/aromatic N) is 7. The molecule has 2 fully saturated rings. The number of alkyl halides is 1. The number of hydrogen-bond donors (Lipinski definition) is 0. The molecule has 212 valence electrons. The molecule has 2 aliphatic heterocycles. The Labute approximate surface area is 250 Å². The maximum Gasteiger partial charge on any atom is 0.257 e. The minimum Gasteiger partial charge on any atom is -0.331 e. The molecule has 1 unspecified atom stereocenters. The number of carbonyl (C=O) groups is 2. The third kappa shape index (κ3) is 4.95. The third-order valence-electron chi connectivity index (χ3n) is 7.54. The standard InChI is InChI=1S/C29H28BrClFN7O2/c1-28(2,3)39-14-21(25(34-39)20-6-4-5-7-22(20)31)26(40)36-16-29(32,17-36)24-15-38(35-33-24)23-12-13-37(27(23)41)19-10-8-18(30)9-11-19/h4-11,14-15,23H,12-13,16-17H2,1-3H3. The van der Waals surface area contributed by atoms with E-state index in [0.717, 1.165) is 10.2 Å². The highest BCUT2D eigenvalue weighted by atomic mass is 79.9. The van der Waals surface area contributed by atoms with Gasteiger partial charge in [0.05, 0.1) is 35.4 Å². The van der Waals surface area contributed by atoms with E-state index in [9.17, 15) is 9.59 Å². The summed E-state index contributed by atoms with van der Waals surface area (Å²) < 4.78 is 20.1. The van der Waals surface area contributed by atoms with Crippen molar-refractivity contribution in [3.8, 4) is 11.3 Å². The van der Waals surface area contributed by atoms with Crippen molar-refractivity contribution in [2.75, 3.05) is 24.5 Å². The molecule has 2 aliphatic rings. The Morgan fingerprint density at radius 2 is 1.80 bits per heavy atom. The van der Waals surface area contributed by atoms with E-state index in [1.54, 1.807) is 21.8 Å². The number of likely N-dealkylation sites (tertiary alicyclic amines) is 1. The Bertz CT molecular complexity index is 1640. The van der Waals surface area contributed by atoms with Gasteiger partial charge in [0, 0.05) is 28.5 Å². The SMILES string of the molecule is CC(C)(C)n1cc(C(=O)N2CC(F)(c3cn(C4CCN(c5ccc(Br)cc5)C4=O)nn3)C2)c(-c2ccccc2Cl)n1. The highest BCUT2D eigenvalue weighted by molar-refractivity contribution is 9.10. The van der Waals surface area contributed by atoms with Crippen LogP contribution in [0.5, 0.6) is 0 Å². The van der Waals surface area contributed by atoms with Crippen molar-refractivity contribution < 1.29 is 14.0 Å². The van der Waals surface area contributed by atoms with E-state index in [-0.39, 0.29) is 36.1 Å². The van der Waals surface area contributed by atoms with E-state index < -0.39 is 11.7 Å². The first kappa shape index (κ1) is 27.6. The first-order valence-electron chi connectivity index (χ1n) is 13.3. The molecule has 2 amide bonds. The van der Waals surface area contributed by atoms with Gasteiger partial charge in [0.25, 0.3) is 11.8 Å². The normalized spacial score (nSPS) is 18.6. The van der Waals surface area contributed by atoms with Gasteiger partial charge in [0.15, 0.2) is 5.67 Å². The summed E-state index contributed by atoms with van der Waals surface area (Å²) in [6.45, 7) is 6.11. The van der Waals surface area contributed by atoms with Crippen LogP contribution in [-0.2, 0) is 16.0 Å². The van der Waals surface area contributed by atoms with Crippen molar-refractivity contribution in [1.29, 1.82) is 0 Å². The predicted octanol–water partition coefficient (Wildman–Crippen LogP) is 5.61. The Balaban J connectivity index is 1.19. The van der Waals surface area contributed by atoms with Crippen LogP contribution in [0.2, 0.25) is 5.02 Å². The number of carbonyl (C=O) groups excluding carboxylic acids is 2. The summed E-state index contributed by atoms with van der Waals surface area (Å²) in [5.74, 6) is -0.461. The van der Waals surface area contributed by atoms with Gasteiger partial charge in [-0.2, -0.15) is 5.10 Å². The second-order valence-electron chi connectivity index (χ2n) is 11.5. The summed E-state index contributed by atoms with van der Waals surface area (Å²) in [6.07, 6.45) is 3.71. The molecular weight excluding hydrogens is 613 g/mol. The lowest BCUT2D eigenvalue weighted by atomic mass is 9.92. The van der Waals surface area contributed by atoms with E-state index in [0.29, 0.717) is 34.8 Å². The zero-order valence-electron chi connectivity index (χ0n) is 22.8. The van der Waals surface area contributed by atoms with Gasteiger partial charge in [-0.3, -0.25) is 14.3 Å². The number of hydrogen-bond acceptors (Lipinski definition) is 5. The van der Waals surface area contributed by atoms with Crippen LogP contribution in [0.3, 0.4) is 0 Å². The minimum absolute atomic E-state index is 0.105. The summed E-state index contributed by atoms with van der Waals surface area (Å²) in [5, 5.41) is 13.3. The van der Waals surface area contributed by atoms with Gasteiger partial charge < -0.3 is 9.80 Å². The molecule has 0 spiro atoms. The van der Waals surface area contributed by atoms with E-state index in [2.05, 4.69) is 31.3 Å². The maximum absolute atomic E-state index is 16.0. The molecule has 0 bridgehead atoms. The molecule has 0 N–H and O–H groups in total. The lowest BCUT2D eigenvalue weighted by Gasteiger charge is -2.43. The minimum atomic E-state index is -1.87. The highest BCUT2D eigenvalue weighted by Gasteiger charge is 2.50. The number of aromatic nitrogens is 5. The molecule has 4 aromatic rings. The van der Waals surface area contributed by atoms with Crippen LogP contribution in [-0.4, -0.2) is 61.1 Å². The molecule has 41 heavy (non-hydrogen) atoms. The zero-order chi connectivity index (χ0) is 29.1. The van der Waals surface area contributed by atoms with Crippen molar-refractivity contribution in [3.63, 3.8) is 0 Å². The second kappa shape index (κ2) is 10.1. The van der Waals surface area contributed by atoms with Gasteiger partial charge in [0.1, 0.15) is 17.4 Å². The fourth-order valence-corrected chi connectivity index (χ4v) is 5.67. The third-order valence-corrected chi connectivity index (χ3v) is 8.39. The molecule has 0 aliphatic carbocycles. The average molecular weight is 641 g/mol. The zero-order valence-corrected chi connectivity index (χ0v) is 25.1. The fourth-order valence-electron chi connectivity index (χ4n) is 5.18. The summed E-state index contributed by atoms with van der Waals surface area (Å²) in [6, 6.07) is 14.1. The molecule has 12 heteroatoms. The molecule has 2 saturated heterocycles. The van der Waals surface area contributed by atoms with Gasteiger partial charge in [-0.15, -0.1) is 5.10 Å². The lowest BCUT2D eigenvalue weighted by Crippen LogP contribution is -2.59. The van der Waals surface area contributed by atoms with Crippen molar-refractivity contribution in [2.24, 2.45) is 0 Å². The molecule has 0 radical (unpaired) electrons. The monoisotopic (exact) mass is 639 g/mol. The summed E-state index contributed by atoms with van der Waals surface area (Å²) in [5.41, 5.74) is 0.0856. The fraction of sp³-hybridized carbons (Fsp3) is 0.345. The number of benzene rings is 2. The Morgan fingerprint density at radius 1 is 1.10 bits per heavy atom. The van der Waals surface area contributed by atoms with Gasteiger partial charge in [-0.05, 0) is 57.5 Å². The Morgan fingerprint density at radius 3 is 2.49 bits per heavy atom. The van der Waals surface area contributed by atoms with Crippen molar-refractivity contribution in [2.45, 2.75) is 44.4 Å². The van der Waals surface area contributed by atoms with Crippen LogP contribution in [0.15, 0.2) is 65.4 Å². The number of halogens is 3. The number of rotatable bonds is 5. The molecule has 2 aromatic carbocycles. The van der Waals surface area contributed by atoms with Gasteiger partial charge in [-0.25, -0.2) is 9.07 Å². The van der Waals surface area contributed by atoms with E-state index in [4.69, 9.17) is 11.6 Å². The second-order valence-corrected chi connectivity index (χ2v) is 12.8. The van der Waals surface area contributed by atoms with E-state index in [1.807, 2.05) is 63.2 Å². The van der Waals surface area contributed by atoms with Crippen molar-refractivity contribution in [3.05, 3.63) is 81.7 Å². The van der Waals surface area contributed by atoms with E-state index in [1.165, 1.54) is 15.8 Å². The highest BCUT2D eigenvalue weighted by Crippen LogP contribution is 2.39. The van der Waals surface area contributed by atoms with Crippen molar-refractivity contribution >= 4 is 45.0 Å². The number of amides is 2. The smallest absolute Gasteiger partial charge is 0.257 e. The molecule has 4 heterocycles. The molecule has 1 atom stereocenters. The number of anilines is 1. The van der Waals surface area contributed by atoms with E-state index >= 15 is 4.39 Å². The summed E-state index contributed by atoms with van der Waals surface area (Å²) in [7, 11) is 0. The summed E-state index contributed by atoms with van der Waals surface area (Å²) in [4.78, 5) is 29.9. The first-order valence-corrected chi connectivity index (χ1v) is 14.4. The lowest BCUT2D eigenvalue weighted by molar-refractivity contribution is -0.120. The largest absolute Gasteiger partial charge is 0.331 e. The molecule has 2 aromatic heterocycles. The Hall–Kier alpha value is -3.57. The molecular formula is C29H28BrClFN7O2.